The van der Waals surface area contributed by atoms with E-state index in [2.05, 4.69) is 0 Å². The van der Waals surface area contributed by atoms with Gasteiger partial charge in [0.15, 0.2) is 0 Å². The molecule has 1 fully saturated rings. The summed E-state index contributed by atoms with van der Waals surface area (Å²) in [5.41, 5.74) is 1.01. The molecule has 104 valence electrons. The number of carbonyl (C=O) groups is 1. The second kappa shape index (κ2) is 5.11. The first-order chi connectivity index (χ1) is 8.86. The normalized spacial score (nSPS) is 20.1. The van der Waals surface area contributed by atoms with Crippen LogP contribution in [0.5, 0.6) is 0 Å². The highest BCUT2D eigenvalue weighted by Crippen LogP contribution is 2.32. The number of amides is 1. The van der Waals surface area contributed by atoms with Gasteiger partial charge in [0.2, 0.25) is 0 Å². The summed E-state index contributed by atoms with van der Waals surface area (Å²) in [5, 5.41) is 9.49. The first-order valence-corrected chi connectivity index (χ1v) is 8.23. The lowest BCUT2D eigenvalue weighted by atomic mass is 10.1. The summed E-state index contributed by atoms with van der Waals surface area (Å²) in [6.45, 7) is 2.17. The molecule has 2 rings (SSSR count). The van der Waals surface area contributed by atoms with Crippen LogP contribution in [0.25, 0.3) is 0 Å². The lowest BCUT2D eigenvalue weighted by molar-refractivity contribution is -0.124. The van der Waals surface area contributed by atoms with Gasteiger partial charge in [0.05, 0.1) is 4.90 Å². The number of nitrogens with zero attached hydrogens (tertiary/aromatic N) is 1. The van der Waals surface area contributed by atoms with Crippen molar-refractivity contribution in [3.05, 3.63) is 23.8 Å². The molecular weight excluding hydrogens is 290 g/mol. The maximum Gasteiger partial charge on any atom is 0.261 e. The van der Waals surface area contributed by atoms with E-state index >= 15 is 0 Å². The van der Waals surface area contributed by atoms with Crippen LogP contribution in [-0.2, 0) is 20.3 Å². The number of rotatable bonds is 3. The van der Waals surface area contributed by atoms with Crippen LogP contribution in [-0.4, -0.2) is 32.1 Å². The van der Waals surface area contributed by atoms with Crippen molar-refractivity contribution in [3.8, 4) is 0 Å². The van der Waals surface area contributed by atoms with E-state index in [1.54, 1.807) is 19.1 Å². The zero-order chi connectivity index (χ0) is 14.2. The van der Waals surface area contributed by atoms with E-state index in [-0.39, 0.29) is 4.90 Å². The predicted octanol–water partition coefficient (Wildman–Crippen LogP) is 1.27. The van der Waals surface area contributed by atoms with Crippen LogP contribution in [0, 0.1) is 0 Å². The third kappa shape index (κ3) is 2.61. The van der Waals surface area contributed by atoms with E-state index in [0.29, 0.717) is 30.6 Å². The molecule has 0 unspecified atom stereocenters. The molecule has 0 radical (unpaired) electrons. The van der Waals surface area contributed by atoms with Gasteiger partial charge in [-0.25, -0.2) is 8.42 Å². The first kappa shape index (κ1) is 14.3. The molecule has 1 amide bonds. The van der Waals surface area contributed by atoms with Gasteiger partial charge in [0, 0.05) is 29.3 Å². The van der Waals surface area contributed by atoms with Gasteiger partial charge in [0.25, 0.3) is 15.0 Å². The van der Waals surface area contributed by atoms with Gasteiger partial charge in [-0.05, 0) is 24.1 Å². The van der Waals surface area contributed by atoms with Gasteiger partial charge in [-0.1, -0.05) is 13.0 Å². The van der Waals surface area contributed by atoms with Crippen molar-refractivity contribution in [3.63, 3.8) is 0 Å². The smallest absolute Gasteiger partial charge is 0.261 e. The summed E-state index contributed by atoms with van der Waals surface area (Å²) >= 11 is 0. The lowest BCUT2D eigenvalue weighted by Gasteiger charge is -2.20. The van der Waals surface area contributed by atoms with Crippen molar-refractivity contribution in [2.75, 3.05) is 11.4 Å². The number of halogens is 1. The monoisotopic (exact) mass is 303 g/mol. The number of anilines is 1. The van der Waals surface area contributed by atoms with Crippen molar-refractivity contribution in [1.82, 2.24) is 0 Å². The summed E-state index contributed by atoms with van der Waals surface area (Å²) in [4.78, 5) is 13.3. The molecule has 5 nitrogen and oxygen atoms in total. The molecule has 7 heteroatoms. The Bertz CT molecular complexity index is 614. The first-order valence-electron chi connectivity index (χ1n) is 5.92. The van der Waals surface area contributed by atoms with Gasteiger partial charge in [0.1, 0.15) is 6.10 Å². The van der Waals surface area contributed by atoms with Crippen LogP contribution in [0.15, 0.2) is 23.1 Å². The molecule has 1 aromatic carbocycles. The quantitative estimate of drug-likeness (QED) is 0.854. The molecule has 1 atom stereocenters. The highest BCUT2D eigenvalue weighted by atomic mass is 35.7. The summed E-state index contributed by atoms with van der Waals surface area (Å²) in [6.07, 6.45) is -0.238. The highest BCUT2D eigenvalue weighted by molar-refractivity contribution is 8.13. The zero-order valence-electron chi connectivity index (χ0n) is 10.3. The second-order valence-corrected chi connectivity index (χ2v) is 6.87. The molecule has 1 aromatic rings. The maximum atomic E-state index is 11.8. The summed E-state index contributed by atoms with van der Waals surface area (Å²) < 4.78 is 23.1. The molecular formula is C12H14ClNO4S. The number of hydrogen-bond acceptors (Lipinski definition) is 4. The molecule has 0 bridgehead atoms. The van der Waals surface area contributed by atoms with E-state index in [1.807, 2.05) is 0 Å². The SMILES string of the molecule is CCc1c(N2CC[C@@H](O)C2=O)cccc1S(=O)(=O)Cl. The fraction of sp³-hybridized carbons (Fsp3) is 0.417. The van der Waals surface area contributed by atoms with Gasteiger partial charge < -0.3 is 10.0 Å². The number of carbonyl (C=O) groups excluding carboxylic acids is 1. The summed E-state index contributed by atoms with van der Waals surface area (Å²) in [7, 11) is 1.55. The Kier molecular flexibility index (Phi) is 3.85. The van der Waals surface area contributed by atoms with E-state index in [1.165, 1.54) is 11.0 Å². The van der Waals surface area contributed by atoms with Crippen LogP contribution in [0.2, 0.25) is 0 Å². The minimum atomic E-state index is -3.86. The Labute approximate surface area is 116 Å². The fourth-order valence-corrected chi connectivity index (χ4v) is 3.51. The largest absolute Gasteiger partial charge is 0.383 e. The van der Waals surface area contributed by atoms with Crippen molar-refractivity contribution in [1.29, 1.82) is 0 Å². The third-order valence-electron chi connectivity index (χ3n) is 3.19. The van der Waals surface area contributed by atoms with Crippen LogP contribution in [0.1, 0.15) is 18.9 Å². The zero-order valence-corrected chi connectivity index (χ0v) is 11.9. The summed E-state index contributed by atoms with van der Waals surface area (Å²) in [5.74, 6) is -0.404. The molecule has 0 aliphatic carbocycles. The van der Waals surface area contributed by atoms with E-state index < -0.39 is 21.1 Å². The predicted molar refractivity (Wildman–Crippen MR) is 71.8 cm³/mol. The fourth-order valence-electron chi connectivity index (χ4n) is 2.29. The van der Waals surface area contributed by atoms with Crippen molar-refractivity contribution in [2.45, 2.75) is 30.8 Å². The minimum Gasteiger partial charge on any atom is -0.383 e. The molecule has 1 saturated heterocycles. The molecule has 1 N–H and O–H groups in total. The Morgan fingerprint density at radius 1 is 1.47 bits per heavy atom. The van der Waals surface area contributed by atoms with Crippen LogP contribution < -0.4 is 4.90 Å². The summed E-state index contributed by atoms with van der Waals surface area (Å²) in [6, 6.07) is 4.63. The number of hydrogen-bond donors (Lipinski definition) is 1. The molecule has 0 spiro atoms. The third-order valence-corrected chi connectivity index (χ3v) is 4.60. The van der Waals surface area contributed by atoms with Crippen molar-refractivity contribution in [2.24, 2.45) is 0 Å². The molecule has 19 heavy (non-hydrogen) atoms. The van der Waals surface area contributed by atoms with Crippen LogP contribution in [0.3, 0.4) is 0 Å². The molecule has 1 aliphatic rings. The number of benzene rings is 1. The molecule has 0 aromatic heterocycles. The number of aliphatic hydroxyl groups is 1. The Morgan fingerprint density at radius 2 is 2.16 bits per heavy atom. The van der Waals surface area contributed by atoms with Gasteiger partial charge in [-0.2, -0.15) is 0 Å². The molecule has 1 heterocycles. The van der Waals surface area contributed by atoms with Gasteiger partial charge >= 0.3 is 0 Å². The maximum absolute atomic E-state index is 11.8. The van der Waals surface area contributed by atoms with Crippen molar-refractivity contribution >= 4 is 31.3 Å². The molecule has 1 aliphatic heterocycles. The average Bonchev–Trinajstić information content (AvgIpc) is 2.68. The second-order valence-electron chi connectivity index (χ2n) is 4.34. The van der Waals surface area contributed by atoms with Gasteiger partial charge in [-0.15, -0.1) is 0 Å². The lowest BCUT2D eigenvalue weighted by Crippen LogP contribution is -2.30. The van der Waals surface area contributed by atoms with Gasteiger partial charge in [-0.3, -0.25) is 4.79 Å². The Morgan fingerprint density at radius 3 is 2.63 bits per heavy atom. The topological polar surface area (TPSA) is 74.7 Å². The van der Waals surface area contributed by atoms with Crippen LogP contribution >= 0.6 is 10.7 Å². The van der Waals surface area contributed by atoms with E-state index in [0.717, 1.165) is 0 Å². The van der Waals surface area contributed by atoms with E-state index in [9.17, 15) is 18.3 Å². The van der Waals surface area contributed by atoms with Crippen molar-refractivity contribution < 1.29 is 18.3 Å². The van der Waals surface area contributed by atoms with E-state index in [4.69, 9.17) is 10.7 Å². The average molecular weight is 304 g/mol. The Hall–Kier alpha value is -1.11. The highest BCUT2D eigenvalue weighted by Gasteiger charge is 2.32. The number of aliphatic hydroxyl groups excluding tert-OH is 1. The van der Waals surface area contributed by atoms with Crippen LogP contribution in [0.4, 0.5) is 5.69 Å². The molecule has 0 saturated carbocycles. The minimum absolute atomic E-state index is 0.0170. The standard InChI is InChI=1S/C12H14ClNO4S/c1-2-8-9(14-7-6-10(15)12(14)16)4-3-5-11(8)19(13,17)18/h3-5,10,15H,2,6-7H2,1H3/t10-/m1/s1. The Balaban J connectivity index is 2.56.